The third-order valence-corrected chi connectivity index (χ3v) is 2.42. The van der Waals surface area contributed by atoms with Crippen LogP contribution in [0.2, 0.25) is 0 Å². The highest BCUT2D eigenvalue weighted by Crippen LogP contribution is 1.99. The lowest BCUT2D eigenvalue weighted by molar-refractivity contribution is -0.145. The molecule has 0 aromatic rings. The molecule has 100 valence electrons. The maximum atomic E-state index is 10.7. The van der Waals surface area contributed by atoms with Crippen LogP contribution >= 0.6 is 0 Å². The third-order valence-electron chi connectivity index (χ3n) is 2.42. The molecular weight excluding hydrogens is 224 g/mol. The number of nitrogens with one attached hydrogen (secondary N) is 2. The SMILES string of the molecule is CNCCCCCCN[C@@H](CC(=O)O)C(=O)O. The predicted molar refractivity (Wildman–Crippen MR) is 64.1 cm³/mol. The highest BCUT2D eigenvalue weighted by molar-refractivity contribution is 5.80. The number of aliphatic carboxylic acids is 2. The molecule has 0 aromatic carbocycles. The molecule has 6 heteroatoms. The van der Waals surface area contributed by atoms with E-state index in [1.807, 2.05) is 7.05 Å². The summed E-state index contributed by atoms with van der Waals surface area (Å²) >= 11 is 0. The molecule has 0 rings (SSSR count). The van der Waals surface area contributed by atoms with Crippen LogP contribution in [0.1, 0.15) is 32.1 Å². The summed E-state index contributed by atoms with van der Waals surface area (Å²) < 4.78 is 0. The van der Waals surface area contributed by atoms with Crippen LogP contribution in [0.3, 0.4) is 0 Å². The molecule has 0 fully saturated rings. The Hall–Kier alpha value is -1.14. The van der Waals surface area contributed by atoms with Crippen molar-refractivity contribution in [3.05, 3.63) is 0 Å². The second-order valence-corrected chi connectivity index (χ2v) is 3.96. The second-order valence-electron chi connectivity index (χ2n) is 3.96. The maximum absolute atomic E-state index is 10.7. The Morgan fingerprint density at radius 3 is 2.12 bits per heavy atom. The summed E-state index contributed by atoms with van der Waals surface area (Å²) in [4.78, 5) is 21.1. The monoisotopic (exact) mass is 246 g/mol. The molecule has 1 atom stereocenters. The van der Waals surface area contributed by atoms with E-state index in [0.717, 1.165) is 32.2 Å². The Morgan fingerprint density at radius 2 is 1.65 bits per heavy atom. The molecule has 0 bridgehead atoms. The average Bonchev–Trinajstić information content (AvgIpc) is 2.25. The van der Waals surface area contributed by atoms with Crippen LogP contribution in [0.25, 0.3) is 0 Å². The van der Waals surface area contributed by atoms with Gasteiger partial charge in [-0.15, -0.1) is 0 Å². The van der Waals surface area contributed by atoms with Gasteiger partial charge in [0.05, 0.1) is 6.42 Å². The van der Waals surface area contributed by atoms with E-state index in [1.165, 1.54) is 0 Å². The van der Waals surface area contributed by atoms with Gasteiger partial charge in [0.2, 0.25) is 0 Å². The van der Waals surface area contributed by atoms with Crippen LogP contribution in [-0.2, 0) is 9.59 Å². The van der Waals surface area contributed by atoms with Gasteiger partial charge in [0.25, 0.3) is 0 Å². The topological polar surface area (TPSA) is 98.7 Å². The molecule has 4 N–H and O–H groups in total. The van der Waals surface area contributed by atoms with E-state index < -0.39 is 18.0 Å². The fourth-order valence-corrected chi connectivity index (χ4v) is 1.48. The summed E-state index contributed by atoms with van der Waals surface area (Å²) in [5, 5.41) is 23.1. The first kappa shape index (κ1) is 15.9. The normalized spacial score (nSPS) is 12.3. The first-order chi connectivity index (χ1) is 8.07. The summed E-state index contributed by atoms with van der Waals surface area (Å²) in [6, 6.07) is -0.982. The zero-order chi connectivity index (χ0) is 13.1. The second kappa shape index (κ2) is 10.0. The van der Waals surface area contributed by atoms with E-state index in [9.17, 15) is 9.59 Å². The Balaban J connectivity index is 3.55. The molecule has 0 amide bonds. The Bertz CT molecular complexity index is 234. The zero-order valence-electron chi connectivity index (χ0n) is 10.2. The minimum absolute atomic E-state index is 0.380. The van der Waals surface area contributed by atoms with E-state index >= 15 is 0 Å². The zero-order valence-corrected chi connectivity index (χ0v) is 10.2. The fraction of sp³-hybridized carbons (Fsp3) is 0.818. The highest BCUT2D eigenvalue weighted by atomic mass is 16.4. The van der Waals surface area contributed by atoms with Crippen molar-refractivity contribution in [1.29, 1.82) is 0 Å². The van der Waals surface area contributed by atoms with Crippen molar-refractivity contribution in [2.75, 3.05) is 20.1 Å². The molecule has 0 saturated heterocycles. The van der Waals surface area contributed by atoms with Crippen LogP contribution in [0.5, 0.6) is 0 Å². The molecule has 0 radical (unpaired) electrons. The van der Waals surface area contributed by atoms with Gasteiger partial charge in [-0.1, -0.05) is 12.8 Å². The standard InChI is InChI=1S/C11H22N2O4/c1-12-6-4-2-3-5-7-13-9(11(16)17)8-10(14)15/h9,12-13H,2-8H2,1H3,(H,14,15)(H,16,17)/t9-/m0/s1. The minimum atomic E-state index is -1.11. The first-order valence-corrected chi connectivity index (χ1v) is 5.90. The molecule has 6 nitrogen and oxygen atoms in total. The van der Waals surface area contributed by atoms with Gasteiger partial charge in [-0.3, -0.25) is 9.59 Å². The van der Waals surface area contributed by atoms with E-state index in [1.54, 1.807) is 0 Å². The molecule has 0 aliphatic heterocycles. The summed E-state index contributed by atoms with van der Waals surface area (Å²) in [6.07, 6.45) is 3.71. The number of unbranched alkanes of at least 4 members (excludes halogenated alkanes) is 3. The van der Waals surface area contributed by atoms with Crippen molar-refractivity contribution in [1.82, 2.24) is 10.6 Å². The average molecular weight is 246 g/mol. The van der Waals surface area contributed by atoms with Crippen LogP contribution < -0.4 is 10.6 Å². The van der Waals surface area contributed by atoms with Crippen molar-refractivity contribution in [2.45, 2.75) is 38.1 Å². The number of rotatable bonds is 11. The van der Waals surface area contributed by atoms with Crippen LogP contribution in [0, 0.1) is 0 Å². The van der Waals surface area contributed by atoms with E-state index in [4.69, 9.17) is 10.2 Å². The molecule has 0 aliphatic carbocycles. The first-order valence-electron chi connectivity index (χ1n) is 5.90. The lowest BCUT2D eigenvalue weighted by atomic mass is 10.1. The molecule has 0 unspecified atom stereocenters. The maximum Gasteiger partial charge on any atom is 0.321 e. The Labute approximate surface area is 101 Å². The number of carbonyl (C=O) groups is 2. The summed E-state index contributed by atoms with van der Waals surface area (Å²) in [7, 11) is 1.91. The van der Waals surface area contributed by atoms with Crippen molar-refractivity contribution in [2.24, 2.45) is 0 Å². The van der Waals surface area contributed by atoms with E-state index in [-0.39, 0.29) is 6.42 Å². The summed E-state index contributed by atoms with van der Waals surface area (Å²) in [5.74, 6) is -2.21. The van der Waals surface area contributed by atoms with Crippen LogP contribution in [0.15, 0.2) is 0 Å². The lowest BCUT2D eigenvalue weighted by Crippen LogP contribution is -2.39. The van der Waals surface area contributed by atoms with Crippen molar-refractivity contribution in [3.63, 3.8) is 0 Å². The van der Waals surface area contributed by atoms with Crippen molar-refractivity contribution in [3.8, 4) is 0 Å². The van der Waals surface area contributed by atoms with Crippen molar-refractivity contribution >= 4 is 11.9 Å². The molecule has 17 heavy (non-hydrogen) atoms. The Kier molecular flexibility index (Phi) is 9.37. The molecule has 0 aliphatic rings. The van der Waals surface area contributed by atoms with Crippen LogP contribution in [-0.4, -0.2) is 48.3 Å². The highest BCUT2D eigenvalue weighted by Gasteiger charge is 2.19. The van der Waals surface area contributed by atoms with Gasteiger partial charge < -0.3 is 20.8 Å². The predicted octanol–water partition coefficient (Wildman–Crippen LogP) is 0.284. The quantitative estimate of drug-likeness (QED) is 0.391. The molecule has 0 spiro atoms. The Morgan fingerprint density at radius 1 is 1.06 bits per heavy atom. The summed E-state index contributed by atoms with van der Waals surface area (Å²) in [6.45, 7) is 1.54. The lowest BCUT2D eigenvalue weighted by Gasteiger charge is -2.11. The molecular formula is C11H22N2O4. The van der Waals surface area contributed by atoms with Gasteiger partial charge in [0.1, 0.15) is 6.04 Å². The van der Waals surface area contributed by atoms with E-state index in [2.05, 4.69) is 10.6 Å². The van der Waals surface area contributed by atoms with Gasteiger partial charge in [0.15, 0.2) is 0 Å². The van der Waals surface area contributed by atoms with Gasteiger partial charge in [-0.05, 0) is 33.0 Å². The van der Waals surface area contributed by atoms with Gasteiger partial charge in [-0.2, -0.15) is 0 Å². The third kappa shape index (κ3) is 9.77. The number of carboxylic acids is 2. The molecule has 0 aromatic heterocycles. The molecule has 0 saturated carbocycles. The fourth-order valence-electron chi connectivity index (χ4n) is 1.48. The molecule has 0 heterocycles. The largest absolute Gasteiger partial charge is 0.481 e. The van der Waals surface area contributed by atoms with Gasteiger partial charge >= 0.3 is 11.9 Å². The smallest absolute Gasteiger partial charge is 0.321 e. The van der Waals surface area contributed by atoms with Crippen LogP contribution in [0.4, 0.5) is 0 Å². The van der Waals surface area contributed by atoms with Crippen molar-refractivity contribution < 1.29 is 19.8 Å². The number of carboxylic acid groups (broad SMARTS) is 2. The summed E-state index contributed by atoms with van der Waals surface area (Å²) in [5.41, 5.74) is 0. The van der Waals surface area contributed by atoms with E-state index in [0.29, 0.717) is 6.54 Å². The van der Waals surface area contributed by atoms with Gasteiger partial charge in [0, 0.05) is 0 Å². The number of hydrogen-bond donors (Lipinski definition) is 4. The minimum Gasteiger partial charge on any atom is -0.481 e. The number of hydrogen-bond acceptors (Lipinski definition) is 4. The van der Waals surface area contributed by atoms with Gasteiger partial charge in [-0.25, -0.2) is 0 Å².